The number of hydrogen-bond donors (Lipinski definition) is 0. The highest BCUT2D eigenvalue weighted by Crippen LogP contribution is 2.27. The molecule has 0 saturated carbocycles. The lowest BCUT2D eigenvalue weighted by atomic mass is 10.0. The van der Waals surface area contributed by atoms with Gasteiger partial charge in [-0.25, -0.2) is 8.42 Å². The summed E-state index contributed by atoms with van der Waals surface area (Å²) in [6.07, 6.45) is 1.73. The Morgan fingerprint density at radius 3 is 2.60 bits per heavy atom. The number of anilines is 1. The molecule has 0 saturated heterocycles. The maximum absolute atomic E-state index is 12.6. The topological polar surface area (TPSA) is 54.5 Å². The van der Waals surface area contributed by atoms with Crippen LogP contribution in [-0.4, -0.2) is 26.6 Å². The average molecular weight is 398 g/mol. The fourth-order valence-electron chi connectivity index (χ4n) is 2.99. The van der Waals surface area contributed by atoms with Crippen molar-refractivity contribution in [2.75, 3.05) is 17.2 Å². The molecular weight excluding hydrogens is 381 g/mol. The molecule has 3 rings (SSSR count). The molecule has 0 spiro atoms. The van der Waals surface area contributed by atoms with E-state index in [9.17, 15) is 13.2 Å². The lowest BCUT2D eigenvalue weighted by Gasteiger charge is -2.29. The van der Waals surface area contributed by atoms with Crippen LogP contribution in [0.4, 0.5) is 5.69 Å². The van der Waals surface area contributed by atoms with Crippen LogP contribution in [0.2, 0.25) is 10.0 Å². The van der Waals surface area contributed by atoms with Gasteiger partial charge in [0.2, 0.25) is 5.91 Å². The molecule has 1 aliphatic heterocycles. The van der Waals surface area contributed by atoms with Crippen LogP contribution >= 0.6 is 23.2 Å². The zero-order valence-electron chi connectivity index (χ0n) is 13.4. The molecule has 1 heterocycles. The van der Waals surface area contributed by atoms with Gasteiger partial charge in [-0.1, -0.05) is 47.5 Å². The second-order valence-electron chi connectivity index (χ2n) is 6.06. The summed E-state index contributed by atoms with van der Waals surface area (Å²) in [6, 6.07) is 12.3. The molecule has 25 heavy (non-hydrogen) atoms. The van der Waals surface area contributed by atoms with Crippen molar-refractivity contribution >= 4 is 44.6 Å². The van der Waals surface area contributed by atoms with Gasteiger partial charge in [0.25, 0.3) is 0 Å². The number of amides is 1. The summed E-state index contributed by atoms with van der Waals surface area (Å²) in [5.74, 6) is -1.17. The number of para-hydroxylation sites is 1. The van der Waals surface area contributed by atoms with Crippen molar-refractivity contribution in [3.05, 3.63) is 63.6 Å². The largest absolute Gasteiger partial charge is 0.311 e. The minimum absolute atomic E-state index is 0.245. The number of carbonyl (C=O) groups is 1. The fraction of sp³-hybridized carbons (Fsp3) is 0.278. The highest BCUT2D eigenvalue weighted by atomic mass is 35.5. The quantitative estimate of drug-likeness (QED) is 0.785. The molecule has 0 N–H and O–H groups in total. The van der Waals surface area contributed by atoms with Gasteiger partial charge in [-0.05, 0) is 42.2 Å². The summed E-state index contributed by atoms with van der Waals surface area (Å²) in [6.45, 7) is 0.540. The van der Waals surface area contributed by atoms with Crippen LogP contribution < -0.4 is 4.90 Å². The molecular formula is C18H17Cl2NO3S. The van der Waals surface area contributed by atoms with E-state index < -0.39 is 21.5 Å². The molecule has 0 aliphatic carbocycles. The standard InChI is InChI=1S/C18H17Cl2NO3S/c19-15-8-7-13(10-16(15)20)11-25(23,24)12-18(22)21-9-3-5-14-4-1-2-6-17(14)21/h1-2,4,6-8,10H,3,5,9,11-12H2. The van der Waals surface area contributed by atoms with E-state index in [1.54, 1.807) is 17.0 Å². The third kappa shape index (κ3) is 4.35. The Balaban J connectivity index is 1.75. The Morgan fingerprint density at radius 1 is 1.08 bits per heavy atom. The number of benzene rings is 2. The summed E-state index contributed by atoms with van der Waals surface area (Å²) in [5.41, 5.74) is 2.40. The van der Waals surface area contributed by atoms with E-state index in [-0.39, 0.29) is 5.75 Å². The molecule has 2 aromatic carbocycles. The number of fused-ring (bicyclic) bond motifs is 1. The van der Waals surface area contributed by atoms with Crippen LogP contribution in [0, 0.1) is 0 Å². The van der Waals surface area contributed by atoms with E-state index in [0.717, 1.165) is 24.1 Å². The first-order valence-corrected chi connectivity index (χ1v) is 10.5. The minimum Gasteiger partial charge on any atom is -0.311 e. The van der Waals surface area contributed by atoms with Gasteiger partial charge in [0.1, 0.15) is 5.75 Å². The van der Waals surface area contributed by atoms with Crippen LogP contribution in [0.15, 0.2) is 42.5 Å². The zero-order chi connectivity index (χ0) is 18.0. The van der Waals surface area contributed by atoms with Gasteiger partial charge in [-0.3, -0.25) is 4.79 Å². The molecule has 7 heteroatoms. The monoisotopic (exact) mass is 397 g/mol. The fourth-order valence-corrected chi connectivity index (χ4v) is 4.64. The van der Waals surface area contributed by atoms with E-state index in [1.807, 2.05) is 24.3 Å². The molecule has 0 unspecified atom stereocenters. The highest BCUT2D eigenvalue weighted by Gasteiger charge is 2.26. The van der Waals surface area contributed by atoms with Crippen molar-refractivity contribution in [1.29, 1.82) is 0 Å². The molecule has 0 fully saturated rings. The molecule has 1 aliphatic rings. The number of halogens is 2. The number of aryl methyl sites for hydroxylation is 1. The SMILES string of the molecule is O=C(CS(=O)(=O)Cc1ccc(Cl)c(Cl)c1)N1CCCc2ccccc21. The number of sulfone groups is 1. The summed E-state index contributed by atoms with van der Waals surface area (Å²) in [5, 5.41) is 0.662. The first-order valence-electron chi connectivity index (χ1n) is 7.88. The van der Waals surface area contributed by atoms with Crippen LogP contribution in [0.5, 0.6) is 0 Å². The molecule has 0 aromatic heterocycles. The Morgan fingerprint density at radius 2 is 1.84 bits per heavy atom. The van der Waals surface area contributed by atoms with Gasteiger partial charge >= 0.3 is 0 Å². The number of rotatable bonds is 4. The van der Waals surface area contributed by atoms with E-state index in [2.05, 4.69) is 0 Å². The van der Waals surface area contributed by atoms with Crippen molar-refractivity contribution in [3.63, 3.8) is 0 Å². The Labute approximate surface area is 157 Å². The Kier molecular flexibility index (Phi) is 5.37. The van der Waals surface area contributed by atoms with Crippen LogP contribution in [0.3, 0.4) is 0 Å². The van der Waals surface area contributed by atoms with Crippen molar-refractivity contribution in [3.8, 4) is 0 Å². The zero-order valence-corrected chi connectivity index (χ0v) is 15.7. The highest BCUT2D eigenvalue weighted by molar-refractivity contribution is 7.91. The lowest BCUT2D eigenvalue weighted by Crippen LogP contribution is -2.39. The third-order valence-corrected chi connectivity index (χ3v) is 6.32. The third-order valence-electron chi connectivity index (χ3n) is 4.13. The van der Waals surface area contributed by atoms with Gasteiger partial charge in [-0.2, -0.15) is 0 Å². The molecule has 4 nitrogen and oxygen atoms in total. The lowest BCUT2D eigenvalue weighted by molar-refractivity contribution is -0.116. The van der Waals surface area contributed by atoms with Crippen molar-refractivity contribution in [2.24, 2.45) is 0 Å². The van der Waals surface area contributed by atoms with Crippen LogP contribution in [-0.2, 0) is 26.8 Å². The molecule has 2 aromatic rings. The van der Waals surface area contributed by atoms with E-state index in [1.165, 1.54) is 6.07 Å². The van der Waals surface area contributed by atoms with Gasteiger partial charge in [0.15, 0.2) is 9.84 Å². The summed E-state index contributed by atoms with van der Waals surface area (Å²) < 4.78 is 24.9. The number of hydrogen-bond acceptors (Lipinski definition) is 3. The molecule has 0 radical (unpaired) electrons. The second kappa shape index (κ2) is 7.36. The van der Waals surface area contributed by atoms with Gasteiger partial charge in [0.05, 0.1) is 15.8 Å². The van der Waals surface area contributed by atoms with Gasteiger partial charge in [0, 0.05) is 12.2 Å². The Bertz CT molecular complexity index is 912. The van der Waals surface area contributed by atoms with Crippen LogP contribution in [0.1, 0.15) is 17.5 Å². The second-order valence-corrected chi connectivity index (χ2v) is 8.94. The Hall–Kier alpha value is -1.56. The maximum atomic E-state index is 12.6. The van der Waals surface area contributed by atoms with Crippen LogP contribution in [0.25, 0.3) is 0 Å². The van der Waals surface area contributed by atoms with E-state index in [4.69, 9.17) is 23.2 Å². The van der Waals surface area contributed by atoms with Gasteiger partial charge < -0.3 is 4.90 Å². The maximum Gasteiger partial charge on any atom is 0.242 e. The van der Waals surface area contributed by atoms with E-state index >= 15 is 0 Å². The molecule has 0 atom stereocenters. The number of carbonyl (C=O) groups excluding carboxylic acids is 1. The van der Waals surface area contributed by atoms with Crippen molar-refractivity contribution < 1.29 is 13.2 Å². The minimum atomic E-state index is -3.61. The summed E-state index contributed by atoms with van der Waals surface area (Å²) in [4.78, 5) is 14.2. The summed E-state index contributed by atoms with van der Waals surface area (Å²) >= 11 is 11.8. The molecule has 132 valence electrons. The normalized spacial score (nSPS) is 14.2. The summed E-state index contributed by atoms with van der Waals surface area (Å²) in [7, 11) is -3.61. The first-order chi connectivity index (χ1) is 11.9. The van der Waals surface area contributed by atoms with Crippen molar-refractivity contribution in [2.45, 2.75) is 18.6 Å². The predicted octanol–water partition coefficient (Wildman–Crippen LogP) is 3.89. The molecule has 0 bridgehead atoms. The molecule has 1 amide bonds. The first kappa shape index (κ1) is 18.2. The van der Waals surface area contributed by atoms with Crippen molar-refractivity contribution in [1.82, 2.24) is 0 Å². The smallest absolute Gasteiger partial charge is 0.242 e. The average Bonchev–Trinajstić information content (AvgIpc) is 2.57. The van der Waals surface area contributed by atoms with Gasteiger partial charge in [-0.15, -0.1) is 0 Å². The predicted molar refractivity (Wildman–Crippen MR) is 101 cm³/mol. The van der Waals surface area contributed by atoms with E-state index in [0.29, 0.717) is 22.2 Å². The number of nitrogens with zero attached hydrogens (tertiary/aromatic N) is 1.